The van der Waals surface area contributed by atoms with Crippen molar-refractivity contribution in [2.75, 3.05) is 13.1 Å². The zero-order valence-corrected chi connectivity index (χ0v) is 9.76. The first kappa shape index (κ1) is 12.0. The summed E-state index contributed by atoms with van der Waals surface area (Å²) in [6.45, 7) is 6.95. The molecule has 0 atom stereocenters. The fourth-order valence-electron chi connectivity index (χ4n) is 2.09. The molecular weight excluding hydrogens is 172 g/mol. The Labute approximate surface area is 88.6 Å². The molecule has 0 aliphatic heterocycles. The molecule has 0 aromatic heterocycles. The molecular formula is C12H26N2. The standard InChI is InChI=1S/C12H26N2/c1-10(2)7-8-14-9-11-3-5-12(13)6-4-11/h10-12,14H,3-9,13H2,1-2H3. The predicted octanol–water partition coefficient (Wildman–Crippen LogP) is 2.14. The lowest BCUT2D eigenvalue weighted by Gasteiger charge is -2.26. The Morgan fingerprint density at radius 3 is 2.43 bits per heavy atom. The molecule has 0 amide bonds. The highest BCUT2D eigenvalue weighted by molar-refractivity contribution is 4.75. The highest BCUT2D eigenvalue weighted by Crippen LogP contribution is 2.22. The van der Waals surface area contributed by atoms with Gasteiger partial charge in [-0.3, -0.25) is 0 Å². The molecule has 1 aliphatic carbocycles. The first-order chi connectivity index (χ1) is 6.68. The zero-order valence-electron chi connectivity index (χ0n) is 9.76. The van der Waals surface area contributed by atoms with Gasteiger partial charge in [-0.2, -0.15) is 0 Å². The van der Waals surface area contributed by atoms with Crippen molar-refractivity contribution in [1.82, 2.24) is 5.32 Å². The van der Waals surface area contributed by atoms with Crippen LogP contribution in [0.3, 0.4) is 0 Å². The van der Waals surface area contributed by atoms with Gasteiger partial charge in [0.15, 0.2) is 0 Å². The SMILES string of the molecule is CC(C)CCNCC1CCC(N)CC1. The van der Waals surface area contributed by atoms with Crippen LogP contribution >= 0.6 is 0 Å². The molecule has 0 radical (unpaired) electrons. The summed E-state index contributed by atoms with van der Waals surface area (Å²) < 4.78 is 0. The Balaban J connectivity index is 1.96. The van der Waals surface area contributed by atoms with Gasteiger partial charge < -0.3 is 11.1 Å². The molecule has 0 unspecified atom stereocenters. The zero-order chi connectivity index (χ0) is 10.4. The van der Waals surface area contributed by atoms with Gasteiger partial charge >= 0.3 is 0 Å². The molecule has 0 saturated heterocycles. The quantitative estimate of drug-likeness (QED) is 0.664. The lowest BCUT2D eigenvalue weighted by molar-refractivity contribution is 0.312. The monoisotopic (exact) mass is 198 g/mol. The van der Waals surface area contributed by atoms with Crippen LogP contribution in [0.25, 0.3) is 0 Å². The van der Waals surface area contributed by atoms with Crippen molar-refractivity contribution in [3.8, 4) is 0 Å². The van der Waals surface area contributed by atoms with E-state index in [9.17, 15) is 0 Å². The number of nitrogens with two attached hydrogens (primary N) is 1. The van der Waals surface area contributed by atoms with E-state index in [0.29, 0.717) is 6.04 Å². The van der Waals surface area contributed by atoms with E-state index < -0.39 is 0 Å². The van der Waals surface area contributed by atoms with Crippen molar-refractivity contribution >= 4 is 0 Å². The van der Waals surface area contributed by atoms with E-state index in [1.165, 1.54) is 45.2 Å². The van der Waals surface area contributed by atoms with Crippen LogP contribution in [0.5, 0.6) is 0 Å². The van der Waals surface area contributed by atoms with E-state index in [2.05, 4.69) is 19.2 Å². The van der Waals surface area contributed by atoms with Gasteiger partial charge in [0.1, 0.15) is 0 Å². The summed E-state index contributed by atoms with van der Waals surface area (Å²) in [5.41, 5.74) is 5.87. The molecule has 0 heterocycles. The summed E-state index contributed by atoms with van der Waals surface area (Å²) in [6.07, 6.45) is 6.42. The molecule has 2 nitrogen and oxygen atoms in total. The lowest BCUT2D eigenvalue weighted by atomic mass is 9.86. The number of hydrogen-bond acceptors (Lipinski definition) is 2. The van der Waals surface area contributed by atoms with Crippen molar-refractivity contribution in [1.29, 1.82) is 0 Å². The summed E-state index contributed by atoms with van der Waals surface area (Å²) in [4.78, 5) is 0. The van der Waals surface area contributed by atoms with Crippen LogP contribution in [0.2, 0.25) is 0 Å². The van der Waals surface area contributed by atoms with E-state index in [1.54, 1.807) is 0 Å². The van der Waals surface area contributed by atoms with Gasteiger partial charge in [0, 0.05) is 6.04 Å². The Morgan fingerprint density at radius 2 is 1.86 bits per heavy atom. The minimum atomic E-state index is 0.488. The van der Waals surface area contributed by atoms with Gasteiger partial charge in [-0.1, -0.05) is 13.8 Å². The van der Waals surface area contributed by atoms with Crippen LogP contribution < -0.4 is 11.1 Å². The molecule has 0 aromatic carbocycles. The van der Waals surface area contributed by atoms with Gasteiger partial charge in [0.25, 0.3) is 0 Å². The van der Waals surface area contributed by atoms with Gasteiger partial charge in [0.2, 0.25) is 0 Å². The summed E-state index contributed by atoms with van der Waals surface area (Å²) >= 11 is 0. The van der Waals surface area contributed by atoms with E-state index >= 15 is 0 Å². The van der Waals surface area contributed by atoms with Gasteiger partial charge in [-0.05, 0) is 57.0 Å². The summed E-state index contributed by atoms with van der Waals surface area (Å²) in [5, 5.41) is 3.56. The molecule has 1 fully saturated rings. The normalized spacial score (nSPS) is 28.3. The van der Waals surface area contributed by atoms with E-state index in [-0.39, 0.29) is 0 Å². The maximum absolute atomic E-state index is 5.87. The van der Waals surface area contributed by atoms with Crippen LogP contribution in [-0.2, 0) is 0 Å². The van der Waals surface area contributed by atoms with Crippen molar-refractivity contribution in [3.63, 3.8) is 0 Å². The number of nitrogens with one attached hydrogen (secondary N) is 1. The Kier molecular flexibility index (Phi) is 5.49. The fraction of sp³-hybridized carbons (Fsp3) is 1.00. The number of hydrogen-bond donors (Lipinski definition) is 2. The first-order valence-corrected chi connectivity index (χ1v) is 6.14. The van der Waals surface area contributed by atoms with Gasteiger partial charge in [-0.15, -0.1) is 0 Å². The molecule has 0 bridgehead atoms. The second-order valence-corrected chi connectivity index (χ2v) is 5.17. The summed E-state index contributed by atoms with van der Waals surface area (Å²) in [5.74, 6) is 1.71. The van der Waals surface area contributed by atoms with Crippen molar-refractivity contribution in [3.05, 3.63) is 0 Å². The molecule has 0 spiro atoms. The summed E-state index contributed by atoms with van der Waals surface area (Å²) in [7, 11) is 0. The third-order valence-corrected chi connectivity index (χ3v) is 3.22. The number of rotatable bonds is 5. The second-order valence-electron chi connectivity index (χ2n) is 5.17. The topological polar surface area (TPSA) is 38.0 Å². The third-order valence-electron chi connectivity index (χ3n) is 3.22. The van der Waals surface area contributed by atoms with Crippen LogP contribution in [-0.4, -0.2) is 19.1 Å². The third kappa shape index (κ3) is 4.97. The fourth-order valence-corrected chi connectivity index (χ4v) is 2.09. The van der Waals surface area contributed by atoms with Crippen LogP contribution in [0.4, 0.5) is 0 Å². The van der Waals surface area contributed by atoms with Crippen LogP contribution in [0.15, 0.2) is 0 Å². The average Bonchev–Trinajstić information content (AvgIpc) is 2.15. The summed E-state index contributed by atoms with van der Waals surface area (Å²) in [6, 6.07) is 0.488. The predicted molar refractivity (Wildman–Crippen MR) is 62.3 cm³/mol. The molecule has 1 rings (SSSR count). The molecule has 0 aromatic rings. The van der Waals surface area contributed by atoms with Crippen molar-refractivity contribution in [2.24, 2.45) is 17.6 Å². The van der Waals surface area contributed by atoms with Crippen LogP contribution in [0.1, 0.15) is 46.0 Å². The molecule has 1 aliphatic rings. The molecule has 1 saturated carbocycles. The Morgan fingerprint density at radius 1 is 1.21 bits per heavy atom. The first-order valence-electron chi connectivity index (χ1n) is 6.14. The Hall–Kier alpha value is -0.0800. The highest BCUT2D eigenvalue weighted by atomic mass is 14.9. The molecule has 14 heavy (non-hydrogen) atoms. The minimum Gasteiger partial charge on any atom is -0.328 e. The van der Waals surface area contributed by atoms with E-state index in [1.807, 2.05) is 0 Å². The molecule has 84 valence electrons. The maximum atomic E-state index is 5.87. The highest BCUT2D eigenvalue weighted by Gasteiger charge is 2.17. The van der Waals surface area contributed by atoms with Gasteiger partial charge in [-0.25, -0.2) is 0 Å². The Bertz CT molecular complexity index is 137. The van der Waals surface area contributed by atoms with Crippen molar-refractivity contribution < 1.29 is 0 Å². The molecule has 3 N–H and O–H groups in total. The maximum Gasteiger partial charge on any atom is 0.00390 e. The second kappa shape index (κ2) is 6.41. The minimum absolute atomic E-state index is 0.488. The van der Waals surface area contributed by atoms with E-state index in [0.717, 1.165) is 11.8 Å². The smallest absolute Gasteiger partial charge is 0.00390 e. The van der Waals surface area contributed by atoms with Crippen molar-refractivity contribution in [2.45, 2.75) is 52.0 Å². The largest absolute Gasteiger partial charge is 0.328 e. The van der Waals surface area contributed by atoms with Gasteiger partial charge in [0.05, 0.1) is 0 Å². The van der Waals surface area contributed by atoms with Crippen LogP contribution in [0, 0.1) is 11.8 Å². The van der Waals surface area contributed by atoms with E-state index in [4.69, 9.17) is 5.73 Å². The lowest BCUT2D eigenvalue weighted by Crippen LogP contribution is -2.32. The molecule has 2 heteroatoms. The average molecular weight is 198 g/mol.